The van der Waals surface area contributed by atoms with Gasteiger partial charge in [0.25, 0.3) is 0 Å². The number of nitrogens with one attached hydrogen (secondary N) is 1. The van der Waals surface area contributed by atoms with Crippen molar-refractivity contribution in [1.82, 2.24) is 10.2 Å². The van der Waals surface area contributed by atoms with Crippen molar-refractivity contribution >= 4 is 12.1 Å². The van der Waals surface area contributed by atoms with Crippen molar-refractivity contribution in [2.75, 3.05) is 26.2 Å². The maximum absolute atomic E-state index is 12.0. The molecule has 1 heterocycles. The number of halogens is 3. The molecule has 1 amide bonds. The van der Waals surface area contributed by atoms with E-state index in [0.717, 1.165) is 0 Å². The number of alkyl halides is 3. The molecule has 122 valence electrons. The van der Waals surface area contributed by atoms with E-state index in [2.05, 4.69) is 10.3 Å². The number of carbonyl (C=O) groups excluding carboxylic acids is 1. The van der Waals surface area contributed by atoms with Gasteiger partial charge in [-0.2, -0.15) is 13.2 Å². The highest BCUT2D eigenvalue weighted by Gasteiger charge is 2.26. The highest BCUT2D eigenvalue weighted by Crippen LogP contribution is 2.18. The lowest BCUT2D eigenvalue weighted by Crippen LogP contribution is -2.48. The van der Waals surface area contributed by atoms with E-state index in [0.29, 0.717) is 32.5 Å². The SMILES string of the molecule is CCOC(=O)N1CCC(NC(N)=NCCC(F)(F)F)CC1. The lowest BCUT2D eigenvalue weighted by Gasteiger charge is -2.31. The van der Waals surface area contributed by atoms with Crippen LogP contribution in [-0.2, 0) is 4.74 Å². The predicted molar refractivity (Wildman–Crippen MR) is 71.9 cm³/mol. The van der Waals surface area contributed by atoms with Crippen molar-refractivity contribution in [3.63, 3.8) is 0 Å². The summed E-state index contributed by atoms with van der Waals surface area (Å²) in [6.07, 6.45) is -4.27. The molecule has 6 nitrogen and oxygen atoms in total. The van der Waals surface area contributed by atoms with Crippen LogP contribution >= 0.6 is 0 Å². The quantitative estimate of drug-likeness (QED) is 0.608. The Balaban J connectivity index is 2.28. The zero-order chi connectivity index (χ0) is 15.9. The van der Waals surface area contributed by atoms with Crippen LogP contribution in [-0.4, -0.2) is 55.4 Å². The summed E-state index contributed by atoms with van der Waals surface area (Å²) in [7, 11) is 0. The van der Waals surface area contributed by atoms with E-state index in [4.69, 9.17) is 10.5 Å². The molecular weight excluding hydrogens is 289 g/mol. The summed E-state index contributed by atoms with van der Waals surface area (Å²) in [5, 5.41) is 2.88. The molecule has 0 unspecified atom stereocenters. The van der Waals surface area contributed by atoms with Crippen LogP contribution in [0.3, 0.4) is 0 Å². The smallest absolute Gasteiger partial charge is 0.409 e. The van der Waals surface area contributed by atoms with Crippen molar-refractivity contribution in [3.8, 4) is 0 Å². The highest BCUT2D eigenvalue weighted by atomic mass is 19.4. The second-order valence-corrected chi connectivity index (χ2v) is 4.74. The van der Waals surface area contributed by atoms with E-state index in [1.165, 1.54) is 0 Å². The van der Waals surface area contributed by atoms with Crippen LogP contribution in [0.5, 0.6) is 0 Å². The summed E-state index contributed by atoms with van der Waals surface area (Å²) >= 11 is 0. The summed E-state index contributed by atoms with van der Waals surface area (Å²) in [6.45, 7) is 2.73. The first-order valence-corrected chi connectivity index (χ1v) is 6.86. The first-order valence-electron chi connectivity index (χ1n) is 6.86. The molecule has 1 rings (SSSR count). The second-order valence-electron chi connectivity index (χ2n) is 4.74. The first-order chi connectivity index (χ1) is 9.81. The Morgan fingerprint density at radius 2 is 2.05 bits per heavy atom. The molecule has 0 saturated carbocycles. The second kappa shape index (κ2) is 7.94. The average molecular weight is 310 g/mol. The number of guanidine groups is 1. The third kappa shape index (κ3) is 7.05. The number of nitrogens with zero attached hydrogens (tertiary/aromatic N) is 2. The molecule has 3 N–H and O–H groups in total. The number of carbonyl (C=O) groups is 1. The molecule has 0 aromatic carbocycles. The van der Waals surface area contributed by atoms with Crippen molar-refractivity contribution < 1.29 is 22.7 Å². The lowest BCUT2D eigenvalue weighted by atomic mass is 10.1. The normalized spacial score (nSPS) is 17.7. The van der Waals surface area contributed by atoms with Gasteiger partial charge in [-0.15, -0.1) is 0 Å². The van der Waals surface area contributed by atoms with Crippen LogP contribution in [0.2, 0.25) is 0 Å². The van der Waals surface area contributed by atoms with Gasteiger partial charge in [-0.05, 0) is 19.8 Å². The first kappa shape index (κ1) is 17.4. The van der Waals surface area contributed by atoms with Gasteiger partial charge >= 0.3 is 12.3 Å². The van der Waals surface area contributed by atoms with Gasteiger partial charge in [0.2, 0.25) is 0 Å². The minimum absolute atomic E-state index is 0.00492. The lowest BCUT2D eigenvalue weighted by molar-refractivity contribution is -0.132. The Bertz CT molecular complexity index is 366. The third-order valence-corrected chi connectivity index (χ3v) is 3.05. The zero-order valence-corrected chi connectivity index (χ0v) is 11.9. The average Bonchev–Trinajstić information content (AvgIpc) is 2.38. The van der Waals surface area contributed by atoms with E-state index >= 15 is 0 Å². The monoisotopic (exact) mass is 310 g/mol. The van der Waals surface area contributed by atoms with Crippen LogP contribution < -0.4 is 11.1 Å². The number of likely N-dealkylation sites (tertiary alicyclic amines) is 1. The number of nitrogens with two attached hydrogens (primary N) is 1. The number of ether oxygens (including phenoxy) is 1. The minimum atomic E-state index is -4.23. The molecule has 0 radical (unpaired) electrons. The van der Waals surface area contributed by atoms with Crippen molar-refractivity contribution in [2.45, 2.75) is 38.4 Å². The van der Waals surface area contributed by atoms with E-state index in [1.807, 2.05) is 0 Å². The fourth-order valence-corrected chi connectivity index (χ4v) is 1.98. The van der Waals surface area contributed by atoms with Gasteiger partial charge in [0.05, 0.1) is 19.6 Å². The van der Waals surface area contributed by atoms with Crippen LogP contribution in [0, 0.1) is 0 Å². The summed E-state index contributed by atoms with van der Waals surface area (Å²) < 4.78 is 40.8. The molecule has 0 aromatic rings. The Hall–Kier alpha value is -1.67. The van der Waals surface area contributed by atoms with Gasteiger partial charge in [-0.25, -0.2) is 4.79 Å². The van der Waals surface area contributed by atoms with Crippen LogP contribution in [0.4, 0.5) is 18.0 Å². The Kier molecular flexibility index (Phi) is 6.57. The number of hydrogen-bond acceptors (Lipinski definition) is 3. The number of rotatable bonds is 4. The highest BCUT2D eigenvalue weighted by molar-refractivity contribution is 5.78. The molecule has 1 aliphatic rings. The Morgan fingerprint density at radius 3 is 2.57 bits per heavy atom. The molecule has 0 spiro atoms. The summed E-state index contributed by atoms with van der Waals surface area (Å²) in [5.74, 6) is 0.00818. The molecule has 1 fully saturated rings. The van der Waals surface area contributed by atoms with Gasteiger partial charge in [0.1, 0.15) is 0 Å². The minimum Gasteiger partial charge on any atom is -0.450 e. The number of hydrogen-bond donors (Lipinski definition) is 2. The van der Waals surface area contributed by atoms with Gasteiger partial charge in [0, 0.05) is 19.1 Å². The predicted octanol–water partition coefficient (Wildman–Crippen LogP) is 1.46. The molecule has 0 atom stereocenters. The van der Waals surface area contributed by atoms with Crippen molar-refractivity contribution in [2.24, 2.45) is 10.7 Å². The van der Waals surface area contributed by atoms with Gasteiger partial charge in [-0.1, -0.05) is 0 Å². The Labute approximate surface area is 121 Å². The maximum atomic E-state index is 12.0. The van der Waals surface area contributed by atoms with E-state index in [1.54, 1.807) is 11.8 Å². The van der Waals surface area contributed by atoms with Crippen LogP contribution in [0.1, 0.15) is 26.2 Å². The van der Waals surface area contributed by atoms with E-state index in [-0.39, 0.29) is 24.6 Å². The van der Waals surface area contributed by atoms with E-state index < -0.39 is 12.6 Å². The molecule has 0 aromatic heterocycles. The Morgan fingerprint density at radius 1 is 1.43 bits per heavy atom. The fourth-order valence-electron chi connectivity index (χ4n) is 1.98. The van der Waals surface area contributed by atoms with Gasteiger partial charge < -0.3 is 20.7 Å². The molecule has 9 heteroatoms. The number of amides is 1. The van der Waals surface area contributed by atoms with Gasteiger partial charge in [0.15, 0.2) is 5.96 Å². The summed E-state index contributed by atoms with van der Waals surface area (Å²) in [6, 6.07) is 0.00492. The van der Waals surface area contributed by atoms with Crippen LogP contribution in [0.15, 0.2) is 4.99 Å². The third-order valence-electron chi connectivity index (χ3n) is 3.05. The standard InChI is InChI=1S/C12H21F3N4O2/c1-2-21-11(20)19-7-3-9(4-8-19)18-10(16)17-6-5-12(13,14)15/h9H,2-8H2,1H3,(H3,16,17,18). The fraction of sp³-hybridized carbons (Fsp3) is 0.833. The summed E-state index contributed by atoms with van der Waals surface area (Å²) in [5.41, 5.74) is 5.54. The molecule has 21 heavy (non-hydrogen) atoms. The molecule has 0 bridgehead atoms. The van der Waals surface area contributed by atoms with Crippen molar-refractivity contribution in [1.29, 1.82) is 0 Å². The van der Waals surface area contributed by atoms with Gasteiger partial charge in [-0.3, -0.25) is 4.99 Å². The summed E-state index contributed by atoms with van der Waals surface area (Å²) in [4.78, 5) is 16.7. The number of aliphatic imine (C=N–C) groups is 1. The molecular formula is C12H21F3N4O2. The van der Waals surface area contributed by atoms with Crippen LogP contribution in [0.25, 0.3) is 0 Å². The zero-order valence-electron chi connectivity index (χ0n) is 11.9. The molecule has 1 aliphatic heterocycles. The topological polar surface area (TPSA) is 80.0 Å². The molecule has 1 saturated heterocycles. The van der Waals surface area contributed by atoms with E-state index in [9.17, 15) is 18.0 Å². The van der Waals surface area contributed by atoms with Crippen molar-refractivity contribution in [3.05, 3.63) is 0 Å². The maximum Gasteiger partial charge on any atom is 0.409 e. The molecule has 0 aliphatic carbocycles. The largest absolute Gasteiger partial charge is 0.450 e. The number of piperidine rings is 1.